The van der Waals surface area contributed by atoms with Gasteiger partial charge in [0.2, 0.25) is 0 Å². The topological polar surface area (TPSA) is 27.1 Å². The summed E-state index contributed by atoms with van der Waals surface area (Å²) in [5, 5.41) is 0. The van der Waals surface area contributed by atoms with Crippen LogP contribution in [0.2, 0.25) is 0 Å². The van der Waals surface area contributed by atoms with E-state index in [1.165, 1.54) is 11.1 Å². The average Bonchev–Trinajstić information content (AvgIpc) is 3.02. The molecule has 1 saturated carbocycles. The van der Waals surface area contributed by atoms with Crippen LogP contribution in [-0.4, -0.2) is 22.8 Å². The molecule has 4 heteroatoms. The maximum Gasteiger partial charge on any atom is 0.125 e. The summed E-state index contributed by atoms with van der Waals surface area (Å²) in [6.07, 6.45) is 3.69. The van der Waals surface area contributed by atoms with Crippen LogP contribution in [0.3, 0.4) is 0 Å². The Labute approximate surface area is 118 Å². The molecule has 3 rings (SSSR count). The first-order valence-corrected chi connectivity index (χ1v) is 7.33. The van der Waals surface area contributed by atoms with Crippen LogP contribution in [0.1, 0.15) is 36.7 Å². The monoisotopic (exact) mass is 278 g/mol. The summed E-state index contributed by atoms with van der Waals surface area (Å²) in [4.78, 5) is 4.68. The Morgan fingerprint density at radius 3 is 2.95 bits per heavy atom. The number of nitrogens with zero attached hydrogens (tertiary/aromatic N) is 2. The van der Waals surface area contributed by atoms with Gasteiger partial charge < -0.3 is 9.30 Å². The zero-order valence-electron chi connectivity index (χ0n) is 11.4. The van der Waals surface area contributed by atoms with Crippen molar-refractivity contribution in [3.8, 4) is 0 Å². The van der Waals surface area contributed by atoms with Gasteiger partial charge in [0.1, 0.15) is 5.82 Å². The molecular formula is C15H19ClN2O. The number of aromatic nitrogens is 2. The van der Waals surface area contributed by atoms with Gasteiger partial charge >= 0.3 is 0 Å². The third-order valence-electron chi connectivity index (χ3n) is 4.16. The first-order chi connectivity index (χ1) is 9.24. The van der Waals surface area contributed by atoms with Crippen LogP contribution < -0.4 is 0 Å². The van der Waals surface area contributed by atoms with Crippen molar-refractivity contribution in [2.24, 2.45) is 0 Å². The molecule has 0 aliphatic heterocycles. The Morgan fingerprint density at radius 2 is 2.26 bits per heavy atom. The molecule has 1 fully saturated rings. The molecule has 0 N–H and O–H groups in total. The van der Waals surface area contributed by atoms with Gasteiger partial charge in [-0.3, -0.25) is 0 Å². The molecule has 0 bridgehead atoms. The number of benzene rings is 1. The van der Waals surface area contributed by atoms with Crippen molar-refractivity contribution in [1.29, 1.82) is 0 Å². The average molecular weight is 279 g/mol. The second-order valence-electron chi connectivity index (χ2n) is 5.30. The summed E-state index contributed by atoms with van der Waals surface area (Å²) in [5.74, 6) is 1.44. The number of halogens is 1. The molecule has 0 saturated heterocycles. The summed E-state index contributed by atoms with van der Waals surface area (Å²) in [5.41, 5.74) is 3.55. The molecule has 1 heterocycles. The molecule has 102 valence electrons. The van der Waals surface area contributed by atoms with E-state index in [0.29, 0.717) is 18.0 Å². The second kappa shape index (κ2) is 5.14. The Morgan fingerprint density at radius 1 is 1.42 bits per heavy atom. The van der Waals surface area contributed by atoms with E-state index >= 15 is 0 Å². The second-order valence-corrected chi connectivity index (χ2v) is 5.57. The summed E-state index contributed by atoms with van der Waals surface area (Å²) < 4.78 is 7.83. The zero-order chi connectivity index (χ0) is 13.4. The molecule has 2 aromatic rings. The number of aryl methyl sites for hydroxylation is 1. The van der Waals surface area contributed by atoms with Crippen LogP contribution in [0.5, 0.6) is 0 Å². The number of methoxy groups -OCH3 is 1. The number of hydrogen-bond donors (Lipinski definition) is 0. The molecule has 1 aromatic carbocycles. The zero-order valence-corrected chi connectivity index (χ0v) is 12.2. The summed E-state index contributed by atoms with van der Waals surface area (Å²) >= 11 is 6.09. The predicted molar refractivity (Wildman–Crippen MR) is 77.7 cm³/mol. The Kier molecular flexibility index (Phi) is 3.50. The normalized spacial score (nSPS) is 23.3. The lowest BCUT2D eigenvalue weighted by atomic mass is 10.1. The number of hydrogen-bond acceptors (Lipinski definition) is 2. The fraction of sp³-hybridized carbons (Fsp3) is 0.533. The lowest BCUT2D eigenvalue weighted by Gasteiger charge is -2.17. The number of imidazole rings is 1. The fourth-order valence-corrected chi connectivity index (χ4v) is 3.41. The van der Waals surface area contributed by atoms with Gasteiger partial charge in [-0.1, -0.05) is 12.1 Å². The maximum atomic E-state index is 6.09. The molecule has 1 aliphatic carbocycles. The van der Waals surface area contributed by atoms with Crippen molar-refractivity contribution in [2.45, 2.75) is 44.2 Å². The molecule has 19 heavy (non-hydrogen) atoms. The SMILES string of the molecule is COC1CCC(n2c(CCl)nc3cccc(C)c32)C1. The molecule has 2 unspecified atom stereocenters. The van der Waals surface area contributed by atoms with Crippen LogP contribution in [0.4, 0.5) is 0 Å². The van der Waals surface area contributed by atoms with E-state index in [-0.39, 0.29) is 0 Å². The third-order valence-corrected chi connectivity index (χ3v) is 4.40. The number of ether oxygens (including phenoxy) is 1. The number of rotatable bonds is 3. The van der Waals surface area contributed by atoms with E-state index in [1.54, 1.807) is 7.11 Å². The molecule has 2 atom stereocenters. The Bertz CT molecular complexity index is 593. The van der Waals surface area contributed by atoms with Crippen LogP contribution in [-0.2, 0) is 10.6 Å². The van der Waals surface area contributed by atoms with Gasteiger partial charge in [-0.2, -0.15) is 0 Å². The van der Waals surface area contributed by atoms with Crippen molar-refractivity contribution in [1.82, 2.24) is 9.55 Å². The minimum atomic E-state index is 0.370. The molecule has 0 spiro atoms. The smallest absolute Gasteiger partial charge is 0.125 e. The van der Waals surface area contributed by atoms with E-state index in [4.69, 9.17) is 16.3 Å². The molecule has 0 amide bonds. The van der Waals surface area contributed by atoms with E-state index in [0.717, 1.165) is 30.6 Å². The predicted octanol–water partition coefficient (Wildman–Crippen LogP) is 3.82. The molecule has 1 aliphatic rings. The Balaban J connectivity index is 2.11. The minimum Gasteiger partial charge on any atom is -0.381 e. The largest absolute Gasteiger partial charge is 0.381 e. The Hall–Kier alpha value is -1.06. The van der Waals surface area contributed by atoms with Gasteiger partial charge in [0.15, 0.2) is 0 Å². The standard InChI is InChI=1S/C15H19ClN2O/c1-10-4-3-5-13-15(10)18(14(9-16)17-13)11-6-7-12(8-11)19-2/h3-5,11-12H,6-9H2,1-2H3. The maximum absolute atomic E-state index is 6.09. The summed E-state index contributed by atoms with van der Waals surface area (Å²) in [6, 6.07) is 6.73. The molecular weight excluding hydrogens is 260 g/mol. The van der Waals surface area contributed by atoms with Crippen LogP contribution in [0.25, 0.3) is 11.0 Å². The van der Waals surface area contributed by atoms with Gasteiger partial charge in [-0.05, 0) is 37.8 Å². The summed E-state index contributed by atoms with van der Waals surface area (Å²) in [6.45, 7) is 2.14. The first-order valence-electron chi connectivity index (χ1n) is 6.79. The van der Waals surface area contributed by atoms with Crippen molar-refractivity contribution in [3.63, 3.8) is 0 Å². The van der Waals surface area contributed by atoms with Crippen LogP contribution in [0, 0.1) is 6.92 Å². The van der Waals surface area contributed by atoms with E-state index < -0.39 is 0 Å². The highest BCUT2D eigenvalue weighted by molar-refractivity contribution is 6.16. The van der Waals surface area contributed by atoms with Gasteiger partial charge in [-0.25, -0.2) is 4.98 Å². The van der Waals surface area contributed by atoms with E-state index in [9.17, 15) is 0 Å². The third kappa shape index (κ3) is 2.15. The summed E-state index contributed by atoms with van der Waals surface area (Å²) in [7, 11) is 1.80. The highest BCUT2D eigenvalue weighted by atomic mass is 35.5. The quantitative estimate of drug-likeness (QED) is 0.798. The van der Waals surface area contributed by atoms with Gasteiger partial charge in [0, 0.05) is 13.2 Å². The molecule has 0 radical (unpaired) electrons. The fourth-order valence-electron chi connectivity index (χ4n) is 3.22. The van der Waals surface area contributed by atoms with Crippen LogP contribution in [0.15, 0.2) is 18.2 Å². The van der Waals surface area contributed by atoms with Gasteiger partial charge in [0.05, 0.1) is 23.0 Å². The van der Waals surface area contributed by atoms with E-state index in [2.05, 4.69) is 34.7 Å². The number of para-hydroxylation sites is 1. The van der Waals surface area contributed by atoms with Crippen molar-refractivity contribution >= 4 is 22.6 Å². The lowest BCUT2D eigenvalue weighted by Crippen LogP contribution is -2.11. The lowest BCUT2D eigenvalue weighted by molar-refractivity contribution is 0.106. The highest BCUT2D eigenvalue weighted by Gasteiger charge is 2.28. The number of alkyl halides is 1. The van der Waals surface area contributed by atoms with Crippen molar-refractivity contribution in [2.75, 3.05) is 7.11 Å². The molecule has 1 aromatic heterocycles. The minimum absolute atomic E-state index is 0.370. The van der Waals surface area contributed by atoms with E-state index in [1.807, 2.05) is 0 Å². The van der Waals surface area contributed by atoms with Gasteiger partial charge in [-0.15, -0.1) is 11.6 Å². The number of fused-ring (bicyclic) bond motifs is 1. The first kappa shape index (κ1) is 12.9. The van der Waals surface area contributed by atoms with Gasteiger partial charge in [0.25, 0.3) is 0 Å². The van der Waals surface area contributed by atoms with Crippen molar-refractivity contribution in [3.05, 3.63) is 29.6 Å². The van der Waals surface area contributed by atoms with Crippen molar-refractivity contribution < 1.29 is 4.74 Å². The highest BCUT2D eigenvalue weighted by Crippen LogP contribution is 2.36. The van der Waals surface area contributed by atoms with Crippen LogP contribution >= 0.6 is 11.6 Å². The molecule has 3 nitrogen and oxygen atoms in total.